The fourth-order valence-corrected chi connectivity index (χ4v) is 3.51. The largest absolute Gasteiger partial charge is 0.387 e. The molecule has 1 atom stereocenters. The summed E-state index contributed by atoms with van der Waals surface area (Å²) in [7, 11) is 0. The number of rotatable bonds is 3. The van der Waals surface area contributed by atoms with Gasteiger partial charge in [0.05, 0.1) is 17.2 Å². The number of β-amino-alcohol motifs (C(OH)–C–C–N with tert-alkyl or cyclic N) is 1. The Morgan fingerprint density at radius 1 is 1.32 bits per heavy atom. The number of hydrogen-bond acceptors (Lipinski definition) is 3. The summed E-state index contributed by atoms with van der Waals surface area (Å²) in [5, 5.41) is 10.6. The molecule has 1 unspecified atom stereocenters. The summed E-state index contributed by atoms with van der Waals surface area (Å²) in [4.78, 5) is 16.3. The fraction of sp³-hybridized carbons (Fsp3) is 0.562. The Bertz CT molecular complexity index is 577. The zero-order valence-corrected chi connectivity index (χ0v) is 13.2. The highest BCUT2D eigenvalue weighted by atomic mass is 35.5. The molecule has 1 N–H and O–H groups in total. The van der Waals surface area contributed by atoms with E-state index in [9.17, 15) is 14.3 Å². The molecule has 1 amide bonds. The number of likely N-dealkylation sites (tertiary alicyclic amines) is 2. The van der Waals surface area contributed by atoms with E-state index in [1.807, 2.05) is 0 Å². The maximum absolute atomic E-state index is 13.2. The standard InChI is InChI=1S/C16H20ClFN2O2/c17-13-9-12(3-4-14(13)18)15(21)20-8-5-16(22,11-20)10-19-6-1-2-7-19/h3-4,9,22H,1-2,5-8,10-11H2. The van der Waals surface area contributed by atoms with Crippen molar-refractivity contribution in [2.45, 2.75) is 24.9 Å². The van der Waals surface area contributed by atoms with Crippen LogP contribution in [0.15, 0.2) is 18.2 Å². The van der Waals surface area contributed by atoms with Crippen molar-refractivity contribution in [3.8, 4) is 0 Å². The van der Waals surface area contributed by atoms with Crippen molar-refractivity contribution in [2.75, 3.05) is 32.7 Å². The molecule has 1 aromatic carbocycles. The zero-order valence-electron chi connectivity index (χ0n) is 12.4. The molecule has 0 bridgehead atoms. The van der Waals surface area contributed by atoms with Crippen LogP contribution in [-0.4, -0.2) is 59.1 Å². The molecule has 0 radical (unpaired) electrons. The molecule has 22 heavy (non-hydrogen) atoms. The molecule has 0 spiro atoms. The van der Waals surface area contributed by atoms with Gasteiger partial charge in [-0.2, -0.15) is 0 Å². The van der Waals surface area contributed by atoms with Crippen LogP contribution in [-0.2, 0) is 0 Å². The molecular weight excluding hydrogens is 307 g/mol. The molecule has 4 nitrogen and oxygen atoms in total. The molecule has 2 saturated heterocycles. The van der Waals surface area contributed by atoms with Gasteiger partial charge in [-0.05, 0) is 50.6 Å². The van der Waals surface area contributed by atoms with Gasteiger partial charge in [0.15, 0.2) is 0 Å². The SMILES string of the molecule is O=C(c1ccc(F)c(Cl)c1)N1CCC(O)(CN2CCCC2)C1. The van der Waals surface area contributed by atoms with Crippen molar-refractivity contribution in [1.82, 2.24) is 9.80 Å². The van der Waals surface area contributed by atoms with Crippen molar-refractivity contribution >= 4 is 17.5 Å². The highest BCUT2D eigenvalue weighted by Gasteiger charge is 2.40. The van der Waals surface area contributed by atoms with Crippen LogP contribution >= 0.6 is 11.6 Å². The van der Waals surface area contributed by atoms with Gasteiger partial charge in [-0.1, -0.05) is 11.6 Å². The number of benzene rings is 1. The normalized spacial score (nSPS) is 25.9. The molecular formula is C16H20ClFN2O2. The van der Waals surface area contributed by atoms with Gasteiger partial charge in [-0.25, -0.2) is 4.39 Å². The molecule has 2 aliphatic rings. The van der Waals surface area contributed by atoms with Crippen LogP contribution in [0.2, 0.25) is 5.02 Å². The Kier molecular flexibility index (Phi) is 4.39. The van der Waals surface area contributed by atoms with Gasteiger partial charge < -0.3 is 14.9 Å². The molecule has 2 heterocycles. The second kappa shape index (κ2) is 6.14. The predicted octanol–water partition coefficient (Wildman–Crippen LogP) is 2.15. The summed E-state index contributed by atoms with van der Waals surface area (Å²) in [6.07, 6.45) is 2.92. The first-order valence-electron chi connectivity index (χ1n) is 7.66. The highest BCUT2D eigenvalue weighted by Crippen LogP contribution is 2.26. The average molecular weight is 327 g/mol. The van der Waals surface area contributed by atoms with Gasteiger partial charge >= 0.3 is 0 Å². The zero-order chi connectivity index (χ0) is 15.7. The number of aliphatic hydroxyl groups is 1. The van der Waals surface area contributed by atoms with Gasteiger partial charge in [0.2, 0.25) is 0 Å². The van der Waals surface area contributed by atoms with Crippen LogP contribution in [0.5, 0.6) is 0 Å². The molecule has 3 rings (SSSR count). The predicted molar refractivity (Wildman–Crippen MR) is 82.6 cm³/mol. The Balaban J connectivity index is 1.65. The lowest BCUT2D eigenvalue weighted by Gasteiger charge is -2.28. The Morgan fingerprint density at radius 2 is 2.05 bits per heavy atom. The summed E-state index contributed by atoms with van der Waals surface area (Å²) >= 11 is 5.73. The van der Waals surface area contributed by atoms with Crippen molar-refractivity contribution in [2.24, 2.45) is 0 Å². The van der Waals surface area contributed by atoms with E-state index in [2.05, 4.69) is 4.90 Å². The van der Waals surface area contributed by atoms with Crippen molar-refractivity contribution < 1.29 is 14.3 Å². The number of carbonyl (C=O) groups excluding carboxylic acids is 1. The Morgan fingerprint density at radius 3 is 2.73 bits per heavy atom. The van der Waals surface area contributed by atoms with Gasteiger partial charge in [-0.15, -0.1) is 0 Å². The smallest absolute Gasteiger partial charge is 0.254 e. The molecule has 120 valence electrons. The minimum Gasteiger partial charge on any atom is -0.387 e. The number of carbonyl (C=O) groups is 1. The summed E-state index contributed by atoms with van der Waals surface area (Å²) in [6.45, 7) is 3.48. The molecule has 0 saturated carbocycles. The minimum atomic E-state index is -0.843. The molecule has 2 aliphatic heterocycles. The first kappa shape index (κ1) is 15.7. The Labute approximate surface area is 134 Å². The van der Waals surface area contributed by atoms with Crippen LogP contribution < -0.4 is 0 Å². The first-order chi connectivity index (χ1) is 10.5. The van der Waals surface area contributed by atoms with Crippen LogP contribution in [0.4, 0.5) is 4.39 Å². The minimum absolute atomic E-state index is 0.0580. The maximum Gasteiger partial charge on any atom is 0.254 e. The van der Waals surface area contributed by atoms with E-state index >= 15 is 0 Å². The Hall–Kier alpha value is -1.17. The first-order valence-corrected chi connectivity index (χ1v) is 8.04. The molecule has 2 fully saturated rings. The van der Waals surface area contributed by atoms with Crippen LogP contribution in [0.25, 0.3) is 0 Å². The highest BCUT2D eigenvalue weighted by molar-refractivity contribution is 6.31. The van der Waals surface area contributed by atoms with Gasteiger partial charge in [0.1, 0.15) is 5.82 Å². The van der Waals surface area contributed by atoms with E-state index in [1.165, 1.54) is 31.0 Å². The molecule has 0 aliphatic carbocycles. The maximum atomic E-state index is 13.2. The van der Waals surface area contributed by atoms with E-state index in [4.69, 9.17) is 11.6 Å². The third-order valence-electron chi connectivity index (χ3n) is 4.50. The lowest BCUT2D eigenvalue weighted by Crippen LogP contribution is -2.45. The number of hydrogen-bond donors (Lipinski definition) is 1. The van der Waals surface area contributed by atoms with E-state index in [1.54, 1.807) is 4.90 Å². The fourth-order valence-electron chi connectivity index (χ4n) is 3.33. The van der Waals surface area contributed by atoms with Crippen LogP contribution in [0, 0.1) is 5.82 Å². The molecule has 0 aromatic heterocycles. The third-order valence-corrected chi connectivity index (χ3v) is 4.79. The second-order valence-corrected chi connectivity index (χ2v) is 6.72. The number of nitrogens with zero attached hydrogens (tertiary/aromatic N) is 2. The van der Waals surface area contributed by atoms with Crippen molar-refractivity contribution in [1.29, 1.82) is 0 Å². The van der Waals surface area contributed by atoms with Gasteiger partial charge in [0, 0.05) is 18.7 Å². The van der Waals surface area contributed by atoms with Gasteiger partial charge in [-0.3, -0.25) is 4.79 Å². The summed E-state index contributed by atoms with van der Waals surface area (Å²) in [6, 6.07) is 3.97. The van der Waals surface area contributed by atoms with Crippen molar-refractivity contribution in [3.05, 3.63) is 34.6 Å². The van der Waals surface area contributed by atoms with Crippen molar-refractivity contribution in [3.63, 3.8) is 0 Å². The molecule has 1 aromatic rings. The molecule has 6 heteroatoms. The van der Waals surface area contributed by atoms with Gasteiger partial charge in [0.25, 0.3) is 5.91 Å². The lowest BCUT2D eigenvalue weighted by atomic mass is 10.0. The summed E-state index contributed by atoms with van der Waals surface area (Å²) < 4.78 is 13.2. The summed E-state index contributed by atoms with van der Waals surface area (Å²) in [5.41, 5.74) is -0.485. The van der Waals surface area contributed by atoms with E-state index < -0.39 is 11.4 Å². The van der Waals surface area contributed by atoms with Crippen LogP contribution in [0.3, 0.4) is 0 Å². The topological polar surface area (TPSA) is 43.8 Å². The average Bonchev–Trinajstić information content (AvgIpc) is 3.11. The monoisotopic (exact) mass is 326 g/mol. The second-order valence-electron chi connectivity index (χ2n) is 6.31. The number of amides is 1. The quantitative estimate of drug-likeness (QED) is 0.925. The summed E-state index contributed by atoms with van der Waals surface area (Å²) in [5.74, 6) is -0.746. The lowest BCUT2D eigenvalue weighted by molar-refractivity contribution is 0.0175. The van der Waals surface area contributed by atoms with E-state index in [0.29, 0.717) is 31.6 Å². The number of halogens is 2. The van der Waals surface area contributed by atoms with E-state index in [0.717, 1.165) is 13.1 Å². The third kappa shape index (κ3) is 3.26. The van der Waals surface area contributed by atoms with Crippen LogP contribution in [0.1, 0.15) is 29.6 Å². The van der Waals surface area contributed by atoms with E-state index in [-0.39, 0.29) is 10.9 Å².